The second kappa shape index (κ2) is 5.05. The molecule has 0 heterocycles. The van der Waals surface area contributed by atoms with Crippen LogP contribution < -0.4 is 0 Å². The fraction of sp³-hybridized carbons (Fsp3) is 0.500. The van der Waals surface area contributed by atoms with Gasteiger partial charge in [0.25, 0.3) is 0 Å². The Balaban J connectivity index is 1.96. The van der Waals surface area contributed by atoms with Crippen LogP contribution in [0.5, 0.6) is 0 Å². The highest BCUT2D eigenvalue weighted by molar-refractivity contribution is 8.00. The summed E-state index contributed by atoms with van der Waals surface area (Å²) in [5, 5.41) is 0. The Morgan fingerprint density at radius 1 is 1.25 bits per heavy atom. The Hall–Kier alpha value is -0.760. The fourth-order valence-corrected chi connectivity index (χ4v) is 3.35. The van der Waals surface area contributed by atoms with Crippen molar-refractivity contribution in [3.8, 4) is 0 Å². The average molecular weight is 234 g/mol. The second-order valence-corrected chi connectivity index (χ2v) is 6.11. The van der Waals surface area contributed by atoms with Gasteiger partial charge < -0.3 is 0 Å². The molecule has 1 nitrogen and oxygen atoms in total. The monoisotopic (exact) mass is 234 g/mol. The molecule has 0 N–H and O–H groups in total. The van der Waals surface area contributed by atoms with Gasteiger partial charge >= 0.3 is 0 Å². The summed E-state index contributed by atoms with van der Waals surface area (Å²) in [6.45, 7) is 2.11. The lowest BCUT2D eigenvalue weighted by atomic mass is 9.89. The predicted molar refractivity (Wildman–Crippen MR) is 69.6 cm³/mol. The quantitative estimate of drug-likeness (QED) is 0.791. The number of hydrogen-bond donors (Lipinski definition) is 0. The molecule has 1 aromatic rings. The first-order valence-electron chi connectivity index (χ1n) is 5.92. The van der Waals surface area contributed by atoms with Crippen molar-refractivity contribution in [3.05, 3.63) is 35.9 Å². The molecule has 0 bridgehead atoms. The van der Waals surface area contributed by atoms with Crippen LogP contribution in [0.2, 0.25) is 0 Å². The van der Waals surface area contributed by atoms with E-state index in [9.17, 15) is 4.79 Å². The molecule has 1 aliphatic carbocycles. The fourth-order valence-electron chi connectivity index (χ4n) is 2.12. The Morgan fingerprint density at radius 2 is 2.00 bits per heavy atom. The van der Waals surface area contributed by atoms with Crippen LogP contribution in [0.25, 0.3) is 0 Å². The number of rotatable bonds is 3. The molecule has 1 fully saturated rings. The molecule has 0 amide bonds. The van der Waals surface area contributed by atoms with Gasteiger partial charge in [0.2, 0.25) is 0 Å². The van der Waals surface area contributed by atoms with Crippen LogP contribution in [0.4, 0.5) is 0 Å². The van der Waals surface area contributed by atoms with Gasteiger partial charge in [0, 0.05) is 12.2 Å². The Morgan fingerprint density at radius 3 is 2.69 bits per heavy atom. The topological polar surface area (TPSA) is 17.1 Å². The van der Waals surface area contributed by atoms with Crippen LogP contribution in [0.1, 0.15) is 38.2 Å². The predicted octanol–water partition coefficient (Wildman–Crippen LogP) is 3.82. The highest BCUT2D eigenvalue weighted by atomic mass is 32.2. The number of benzene rings is 1. The maximum atomic E-state index is 11.9. The summed E-state index contributed by atoms with van der Waals surface area (Å²) in [7, 11) is 0. The summed E-state index contributed by atoms with van der Waals surface area (Å²) in [6, 6.07) is 10.4. The summed E-state index contributed by atoms with van der Waals surface area (Å²) >= 11 is 1.81. The van der Waals surface area contributed by atoms with Gasteiger partial charge in [0.1, 0.15) is 5.78 Å². The van der Waals surface area contributed by atoms with Crippen molar-refractivity contribution >= 4 is 17.5 Å². The number of thioether (sulfide) groups is 1. The second-order valence-electron chi connectivity index (χ2n) is 4.64. The van der Waals surface area contributed by atoms with Crippen LogP contribution in [-0.2, 0) is 10.5 Å². The molecular weight excluding hydrogens is 216 g/mol. The van der Waals surface area contributed by atoms with E-state index in [4.69, 9.17) is 0 Å². The van der Waals surface area contributed by atoms with Crippen LogP contribution in [0.15, 0.2) is 30.3 Å². The summed E-state index contributed by atoms with van der Waals surface area (Å²) in [5.74, 6) is 1.39. The van der Waals surface area contributed by atoms with E-state index in [0.29, 0.717) is 5.78 Å². The number of Topliss-reactive ketones (excluding diaryl/α,β-unsaturated/α-hetero) is 1. The van der Waals surface area contributed by atoms with Crippen molar-refractivity contribution in [1.82, 2.24) is 0 Å². The van der Waals surface area contributed by atoms with E-state index >= 15 is 0 Å². The molecule has 86 valence electrons. The van der Waals surface area contributed by atoms with E-state index in [0.717, 1.165) is 25.0 Å². The van der Waals surface area contributed by atoms with E-state index < -0.39 is 0 Å². The van der Waals surface area contributed by atoms with Gasteiger partial charge in [-0.3, -0.25) is 4.79 Å². The SMILES string of the molecule is CC1(SCc2ccccc2)CCCCC1=O. The molecule has 0 spiro atoms. The molecule has 1 atom stereocenters. The Labute approximate surface area is 102 Å². The lowest BCUT2D eigenvalue weighted by Crippen LogP contribution is -2.34. The highest BCUT2D eigenvalue weighted by Crippen LogP contribution is 2.38. The molecule has 1 saturated carbocycles. The van der Waals surface area contributed by atoms with Gasteiger partial charge in [-0.05, 0) is 25.3 Å². The maximum Gasteiger partial charge on any atom is 0.148 e. The summed E-state index contributed by atoms with van der Waals surface area (Å²) in [5.41, 5.74) is 1.31. The van der Waals surface area contributed by atoms with Gasteiger partial charge in [-0.2, -0.15) is 0 Å². The van der Waals surface area contributed by atoms with Crippen LogP contribution in [-0.4, -0.2) is 10.5 Å². The third kappa shape index (κ3) is 2.67. The summed E-state index contributed by atoms with van der Waals surface area (Å²) < 4.78 is -0.131. The van der Waals surface area contributed by atoms with Crippen molar-refractivity contribution < 1.29 is 4.79 Å². The van der Waals surface area contributed by atoms with Gasteiger partial charge in [-0.15, -0.1) is 11.8 Å². The molecule has 1 unspecified atom stereocenters. The number of carbonyl (C=O) groups is 1. The maximum absolute atomic E-state index is 11.9. The van der Waals surface area contributed by atoms with Crippen LogP contribution in [0.3, 0.4) is 0 Å². The van der Waals surface area contributed by atoms with Gasteiger partial charge in [0.15, 0.2) is 0 Å². The Bertz CT molecular complexity index is 360. The molecule has 0 saturated heterocycles. The molecule has 1 aromatic carbocycles. The number of ketones is 1. The number of carbonyl (C=O) groups excluding carboxylic acids is 1. The first kappa shape index (κ1) is 11.7. The Kier molecular flexibility index (Phi) is 3.70. The third-order valence-electron chi connectivity index (χ3n) is 3.30. The zero-order chi connectivity index (χ0) is 11.4. The zero-order valence-corrected chi connectivity index (χ0v) is 10.6. The van der Waals surface area contributed by atoms with E-state index in [1.807, 2.05) is 17.8 Å². The minimum absolute atomic E-state index is 0.131. The van der Waals surface area contributed by atoms with Gasteiger partial charge in [-0.1, -0.05) is 36.8 Å². The van der Waals surface area contributed by atoms with Crippen molar-refractivity contribution in [2.75, 3.05) is 0 Å². The van der Waals surface area contributed by atoms with Crippen LogP contribution in [0, 0.1) is 0 Å². The molecule has 2 rings (SSSR count). The molecule has 16 heavy (non-hydrogen) atoms. The minimum atomic E-state index is -0.131. The molecule has 2 heteroatoms. The third-order valence-corrected chi connectivity index (χ3v) is 4.84. The minimum Gasteiger partial charge on any atom is -0.298 e. The zero-order valence-electron chi connectivity index (χ0n) is 9.74. The van der Waals surface area contributed by atoms with Gasteiger partial charge in [-0.25, -0.2) is 0 Å². The van der Waals surface area contributed by atoms with Crippen molar-refractivity contribution in [3.63, 3.8) is 0 Å². The molecular formula is C14H18OS. The summed E-state index contributed by atoms with van der Waals surface area (Å²) in [6.07, 6.45) is 4.10. The standard InChI is InChI=1S/C14H18OS/c1-14(10-6-5-9-13(14)15)16-11-12-7-3-2-4-8-12/h2-4,7-8H,5-6,9-11H2,1H3. The largest absolute Gasteiger partial charge is 0.298 e. The lowest BCUT2D eigenvalue weighted by Gasteiger charge is -2.31. The van der Waals surface area contributed by atoms with E-state index in [2.05, 4.69) is 31.2 Å². The highest BCUT2D eigenvalue weighted by Gasteiger charge is 2.35. The van der Waals surface area contributed by atoms with E-state index in [-0.39, 0.29) is 4.75 Å². The van der Waals surface area contributed by atoms with E-state index in [1.54, 1.807) is 0 Å². The normalized spacial score (nSPS) is 25.7. The first-order chi connectivity index (χ1) is 7.71. The van der Waals surface area contributed by atoms with Gasteiger partial charge in [0.05, 0.1) is 4.75 Å². The molecule has 0 aromatic heterocycles. The summed E-state index contributed by atoms with van der Waals surface area (Å²) in [4.78, 5) is 11.9. The van der Waals surface area contributed by atoms with Crippen LogP contribution >= 0.6 is 11.8 Å². The number of hydrogen-bond acceptors (Lipinski definition) is 2. The average Bonchev–Trinajstić information content (AvgIpc) is 2.32. The van der Waals surface area contributed by atoms with Crippen molar-refractivity contribution in [2.24, 2.45) is 0 Å². The first-order valence-corrected chi connectivity index (χ1v) is 6.90. The van der Waals surface area contributed by atoms with E-state index in [1.165, 1.54) is 12.0 Å². The molecule has 0 radical (unpaired) electrons. The lowest BCUT2D eigenvalue weighted by molar-refractivity contribution is -0.122. The smallest absolute Gasteiger partial charge is 0.148 e. The molecule has 1 aliphatic rings. The van der Waals surface area contributed by atoms with Crippen molar-refractivity contribution in [2.45, 2.75) is 43.1 Å². The molecule has 0 aliphatic heterocycles. The van der Waals surface area contributed by atoms with Crippen molar-refractivity contribution in [1.29, 1.82) is 0 Å².